The molecule has 0 aromatic carbocycles. The molecule has 1 aromatic rings. The lowest BCUT2D eigenvalue weighted by Gasteiger charge is -1.91. The molecule has 0 aliphatic rings. The molecule has 4 heteroatoms. The van der Waals surface area contributed by atoms with Gasteiger partial charge in [-0.2, -0.15) is 0 Å². The summed E-state index contributed by atoms with van der Waals surface area (Å²) < 4.78 is 1.12. The quantitative estimate of drug-likeness (QED) is 0.595. The van der Waals surface area contributed by atoms with Crippen molar-refractivity contribution in [1.29, 1.82) is 0 Å². The van der Waals surface area contributed by atoms with Gasteiger partial charge in [0.15, 0.2) is 0 Å². The summed E-state index contributed by atoms with van der Waals surface area (Å²) in [4.78, 5) is 15.8. The standard InChI is InChI=1S/C8H8BrNOS/c1-6-4-7(9)8(12-6)2-3-10-5-11/h4H,2-3H2,1H3. The molecule has 0 N–H and O–H groups in total. The Labute approximate surface area is 83.5 Å². The van der Waals surface area contributed by atoms with E-state index in [2.05, 4.69) is 33.9 Å². The van der Waals surface area contributed by atoms with E-state index in [4.69, 9.17) is 0 Å². The van der Waals surface area contributed by atoms with Crippen LogP contribution in [0, 0.1) is 6.92 Å². The first-order valence-corrected chi connectivity index (χ1v) is 5.13. The van der Waals surface area contributed by atoms with E-state index in [1.54, 1.807) is 11.3 Å². The van der Waals surface area contributed by atoms with Crippen molar-refractivity contribution in [1.82, 2.24) is 0 Å². The maximum atomic E-state index is 9.79. The second-order valence-corrected chi connectivity index (χ2v) is 4.55. The Hall–Kier alpha value is -0.440. The summed E-state index contributed by atoms with van der Waals surface area (Å²) in [6, 6.07) is 2.07. The summed E-state index contributed by atoms with van der Waals surface area (Å²) in [6.07, 6.45) is 2.34. The van der Waals surface area contributed by atoms with Gasteiger partial charge in [-0.25, -0.2) is 9.79 Å². The van der Waals surface area contributed by atoms with Crippen LogP contribution in [0.3, 0.4) is 0 Å². The number of thiophene rings is 1. The van der Waals surface area contributed by atoms with Crippen molar-refractivity contribution in [2.75, 3.05) is 6.54 Å². The SMILES string of the molecule is Cc1cc(Br)c(CCN=C=O)s1. The van der Waals surface area contributed by atoms with Crippen LogP contribution in [0.1, 0.15) is 9.75 Å². The molecule has 12 heavy (non-hydrogen) atoms. The van der Waals surface area contributed by atoms with Crippen molar-refractivity contribution in [2.24, 2.45) is 4.99 Å². The number of aliphatic imine (C=N–C) groups is 1. The lowest BCUT2D eigenvalue weighted by atomic mass is 10.3. The van der Waals surface area contributed by atoms with Crippen LogP contribution in [-0.4, -0.2) is 12.6 Å². The van der Waals surface area contributed by atoms with E-state index in [-0.39, 0.29) is 0 Å². The number of hydrogen-bond donors (Lipinski definition) is 0. The van der Waals surface area contributed by atoms with Gasteiger partial charge < -0.3 is 0 Å². The highest BCUT2D eigenvalue weighted by Crippen LogP contribution is 2.26. The molecule has 0 spiro atoms. The Morgan fingerprint density at radius 1 is 1.75 bits per heavy atom. The molecule has 1 rings (SSSR count). The minimum atomic E-state index is 0.530. The highest BCUT2D eigenvalue weighted by atomic mass is 79.9. The number of nitrogens with zero attached hydrogens (tertiary/aromatic N) is 1. The van der Waals surface area contributed by atoms with E-state index in [0.717, 1.165) is 10.9 Å². The van der Waals surface area contributed by atoms with Gasteiger partial charge in [-0.1, -0.05) is 0 Å². The number of rotatable bonds is 3. The first-order valence-electron chi connectivity index (χ1n) is 3.52. The highest BCUT2D eigenvalue weighted by molar-refractivity contribution is 9.10. The van der Waals surface area contributed by atoms with Crippen LogP contribution in [-0.2, 0) is 11.2 Å². The van der Waals surface area contributed by atoms with Crippen LogP contribution in [0.2, 0.25) is 0 Å². The van der Waals surface area contributed by atoms with Crippen molar-refractivity contribution in [2.45, 2.75) is 13.3 Å². The number of halogens is 1. The maximum Gasteiger partial charge on any atom is 0.234 e. The Kier molecular flexibility index (Phi) is 3.66. The molecule has 0 atom stereocenters. The normalized spacial score (nSPS) is 9.50. The average molecular weight is 246 g/mol. The smallest absolute Gasteiger partial charge is 0.211 e. The van der Waals surface area contributed by atoms with Crippen LogP contribution < -0.4 is 0 Å². The fourth-order valence-corrected chi connectivity index (χ4v) is 2.76. The van der Waals surface area contributed by atoms with Gasteiger partial charge in [0.05, 0.1) is 6.54 Å². The summed E-state index contributed by atoms with van der Waals surface area (Å²) in [5.41, 5.74) is 0. The molecule has 0 saturated heterocycles. The fraction of sp³-hybridized carbons (Fsp3) is 0.375. The van der Waals surface area contributed by atoms with Gasteiger partial charge in [0, 0.05) is 20.6 Å². The summed E-state index contributed by atoms with van der Waals surface area (Å²) in [6.45, 7) is 2.59. The second kappa shape index (κ2) is 4.55. The lowest BCUT2D eigenvalue weighted by Crippen LogP contribution is -1.85. The van der Waals surface area contributed by atoms with E-state index in [0.29, 0.717) is 6.54 Å². The third kappa shape index (κ3) is 2.55. The van der Waals surface area contributed by atoms with E-state index in [1.165, 1.54) is 15.8 Å². The molecule has 1 heterocycles. The molecule has 1 aromatic heterocycles. The van der Waals surface area contributed by atoms with Crippen LogP contribution >= 0.6 is 27.3 Å². The molecule has 0 saturated carbocycles. The van der Waals surface area contributed by atoms with Crippen LogP contribution in [0.25, 0.3) is 0 Å². The largest absolute Gasteiger partial charge is 0.234 e. The fourth-order valence-electron chi connectivity index (χ4n) is 0.905. The maximum absolute atomic E-state index is 9.79. The van der Waals surface area contributed by atoms with Gasteiger partial charge in [0.25, 0.3) is 0 Å². The molecule has 0 aliphatic heterocycles. The van der Waals surface area contributed by atoms with Crippen molar-refractivity contribution in [3.05, 3.63) is 20.3 Å². The van der Waals surface area contributed by atoms with Crippen LogP contribution in [0.5, 0.6) is 0 Å². The molecule has 0 radical (unpaired) electrons. The number of hydrogen-bond acceptors (Lipinski definition) is 3. The molecule has 0 amide bonds. The van der Waals surface area contributed by atoms with Crippen molar-refractivity contribution < 1.29 is 4.79 Å². The predicted octanol–water partition coefficient (Wildman–Crippen LogP) is 2.70. The third-order valence-corrected chi connectivity index (χ3v) is 3.48. The summed E-state index contributed by atoms with van der Waals surface area (Å²) >= 11 is 5.17. The number of aryl methyl sites for hydroxylation is 1. The van der Waals surface area contributed by atoms with Crippen molar-refractivity contribution in [3.63, 3.8) is 0 Å². The van der Waals surface area contributed by atoms with E-state index in [1.807, 2.05) is 0 Å². The zero-order valence-corrected chi connectivity index (χ0v) is 9.04. The first kappa shape index (κ1) is 9.65. The molecule has 2 nitrogen and oxygen atoms in total. The predicted molar refractivity (Wildman–Crippen MR) is 53.4 cm³/mol. The van der Waals surface area contributed by atoms with Gasteiger partial charge in [-0.15, -0.1) is 11.3 Å². The van der Waals surface area contributed by atoms with Gasteiger partial charge in [0.2, 0.25) is 6.08 Å². The van der Waals surface area contributed by atoms with Crippen molar-refractivity contribution >= 4 is 33.3 Å². The zero-order valence-electron chi connectivity index (χ0n) is 6.63. The minimum absolute atomic E-state index is 0.530. The lowest BCUT2D eigenvalue weighted by molar-refractivity contribution is 0.563. The third-order valence-electron chi connectivity index (χ3n) is 1.40. The monoisotopic (exact) mass is 245 g/mol. The van der Waals surface area contributed by atoms with Crippen LogP contribution in [0.15, 0.2) is 15.5 Å². The van der Waals surface area contributed by atoms with Crippen molar-refractivity contribution in [3.8, 4) is 0 Å². The Balaban J connectivity index is 2.62. The van der Waals surface area contributed by atoms with E-state index >= 15 is 0 Å². The first-order chi connectivity index (χ1) is 5.74. The van der Waals surface area contributed by atoms with E-state index in [9.17, 15) is 4.79 Å². The Bertz CT molecular complexity index is 315. The number of isocyanates is 1. The highest BCUT2D eigenvalue weighted by Gasteiger charge is 2.02. The molecule has 64 valence electrons. The molecule has 0 aliphatic carbocycles. The Morgan fingerprint density at radius 2 is 2.50 bits per heavy atom. The topological polar surface area (TPSA) is 29.4 Å². The average Bonchev–Trinajstić information content (AvgIpc) is 2.31. The molecule has 0 fully saturated rings. The van der Waals surface area contributed by atoms with Gasteiger partial charge in [0.1, 0.15) is 0 Å². The second-order valence-electron chi connectivity index (χ2n) is 2.35. The minimum Gasteiger partial charge on any atom is -0.211 e. The summed E-state index contributed by atoms with van der Waals surface area (Å²) in [5.74, 6) is 0. The summed E-state index contributed by atoms with van der Waals surface area (Å²) in [7, 11) is 0. The van der Waals surface area contributed by atoms with Gasteiger partial charge >= 0.3 is 0 Å². The van der Waals surface area contributed by atoms with Gasteiger partial charge in [-0.05, 0) is 28.9 Å². The molecular formula is C8H8BrNOS. The van der Waals surface area contributed by atoms with Crippen LogP contribution in [0.4, 0.5) is 0 Å². The van der Waals surface area contributed by atoms with E-state index < -0.39 is 0 Å². The zero-order chi connectivity index (χ0) is 8.97. The Morgan fingerprint density at radius 3 is 3.00 bits per heavy atom. The molecule has 0 bridgehead atoms. The molecular weight excluding hydrogens is 238 g/mol. The molecule has 0 unspecified atom stereocenters. The van der Waals surface area contributed by atoms with Gasteiger partial charge in [-0.3, -0.25) is 0 Å². The number of carbonyl (C=O) groups excluding carboxylic acids is 1. The summed E-state index contributed by atoms with van der Waals surface area (Å²) in [5, 5.41) is 0.